The average Bonchev–Trinajstić information content (AvgIpc) is 3.04. The normalized spacial score (nSPS) is 37.6. The van der Waals surface area contributed by atoms with Crippen molar-refractivity contribution in [2.24, 2.45) is 0 Å². The van der Waals surface area contributed by atoms with Gasteiger partial charge in [-0.2, -0.15) is 0 Å². The Labute approximate surface area is 292 Å². The van der Waals surface area contributed by atoms with Crippen LogP contribution in [0.5, 0.6) is 17.2 Å². The Morgan fingerprint density at radius 1 is 0.941 bits per heavy atom. The van der Waals surface area contributed by atoms with Crippen LogP contribution in [0.15, 0.2) is 18.2 Å². The van der Waals surface area contributed by atoms with Crippen LogP contribution >= 0.6 is 0 Å². The van der Waals surface area contributed by atoms with E-state index < -0.39 is 113 Å². The Morgan fingerprint density at radius 3 is 2.25 bits per heavy atom. The molecule has 16 heteroatoms. The molecule has 2 unspecified atom stereocenters. The molecule has 2 aromatic rings. The maximum Gasteiger partial charge on any atom is 0.316 e. The molecule has 2 heterocycles. The van der Waals surface area contributed by atoms with E-state index in [0.717, 1.165) is 13.2 Å². The smallest absolute Gasteiger partial charge is 0.316 e. The Bertz CT molecular complexity index is 1740. The predicted molar refractivity (Wildman–Crippen MR) is 170 cm³/mol. The lowest BCUT2D eigenvalue weighted by Crippen LogP contribution is -2.65. The number of phenols is 2. The minimum atomic E-state index is -1.94. The standard InChI is InChI=1S/C35H42O16/c1-12-26(38)17(37)10-20(48-12)50-18-8-7-16(36)23-24(18)27(39)15-9-14-21(28(40)22(15)29(23)41)19(11-34(3,44)25(14)32(43)47-6)51-33-31(46-5)35(4,45)30(42)13(2)49-33/h7-9,12-13,17,19-20,25-26,30-31,33,36-38,40,42,44-45H,10-11H2,1-6H3/t12-,13+,17-,19?,20-,25?,26+,30+,31+,33+,34+,35-/m1/s1. The molecule has 12 atom stereocenters. The Kier molecular flexibility index (Phi) is 9.48. The van der Waals surface area contributed by atoms with Crippen LogP contribution in [-0.4, -0.2) is 128 Å². The van der Waals surface area contributed by atoms with Crippen LogP contribution in [0.4, 0.5) is 0 Å². The monoisotopic (exact) mass is 718 g/mol. The summed E-state index contributed by atoms with van der Waals surface area (Å²) in [7, 11) is 2.35. The van der Waals surface area contributed by atoms with E-state index in [4.69, 9.17) is 28.4 Å². The second-order valence-corrected chi connectivity index (χ2v) is 14.0. The van der Waals surface area contributed by atoms with Gasteiger partial charge in [0.2, 0.25) is 12.1 Å². The number of rotatable bonds is 6. The highest BCUT2D eigenvalue weighted by Crippen LogP contribution is 2.54. The largest absolute Gasteiger partial charge is 0.507 e. The number of methoxy groups -OCH3 is 2. The summed E-state index contributed by atoms with van der Waals surface area (Å²) in [6, 6.07) is 3.51. The van der Waals surface area contributed by atoms with Crippen molar-refractivity contribution in [3.63, 3.8) is 0 Å². The topological polar surface area (TPSA) is 248 Å². The van der Waals surface area contributed by atoms with E-state index in [1.807, 2.05) is 0 Å². The molecule has 7 N–H and O–H groups in total. The van der Waals surface area contributed by atoms with Crippen LogP contribution in [0.3, 0.4) is 0 Å². The summed E-state index contributed by atoms with van der Waals surface area (Å²) in [5.41, 5.74) is -5.90. The van der Waals surface area contributed by atoms with Gasteiger partial charge in [-0.15, -0.1) is 0 Å². The molecule has 0 radical (unpaired) electrons. The molecule has 51 heavy (non-hydrogen) atoms. The predicted octanol–water partition coefficient (Wildman–Crippen LogP) is 0.449. The van der Waals surface area contributed by atoms with Crippen molar-refractivity contribution in [3.05, 3.63) is 51.6 Å². The quantitative estimate of drug-likeness (QED) is 0.171. The Hall–Kier alpha value is -3.71. The number of ketones is 2. The fraction of sp³-hybridized carbons (Fsp3) is 0.571. The number of benzene rings is 2. The molecule has 2 aliphatic heterocycles. The summed E-state index contributed by atoms with van der Waals surface area (Å²) < 4.78 is 34.1. The number of aromatic hydroxyl groups is 2. The lowest BCUT2D eigenvalue weighted by atomic mass is 9.68. The van der Waals surface area contributed by atoms with Crippen LogP contribution < -0.4 is 4.74 Å². The number of hydrogen-bond donors (Lipinski definition) is 7. The van der Waals surface area contributed by atoms with E-state index in [1.54, 1.807) is 0 Å². The molecule has 0 saturated carbocycles. The highest BCUT2D eigenvalue weighted by Gasteiger charge is 2.56. The van der Waals surface area contributed by atoms with E-state index in [-0.39, 0.29) is 40.8 Å². The van der Waals surface area contributed by atoms with E-state index in [2.05, 4.69) is 0 Å². The van der Waals surface area contributed by atoms with Crippen molar-refractivity contribution >= 4 is 17.5 Å². The fourth-order valence-electron chi connectivity index (χ4n) is 7.76. The highest BCUT2D eigenvalue weighted by atomic mass is 16.7. The first kappa shape index (κ1) is 37.1. The van der Waals surface area contributed by atoms with Gasteiger partial charge in [0.05, 0.1) is 53.8 Å². The number of esters is 1. The highest BCUT2D eigenvalue weighted by molar-refractivity contribution is 6.31. The Morgan fingerprint density at radius 2 is 1.63 bits per heavy atom. The molecular weight excluding hydrogens is 676 g/mol. The number of fused-ring (bicyclic) bond motifs is 3. The lowest BCUT2D eigenvalue weighted by molar-refractivity contribution is -0.338. The maximum absolute atomic E-state index is 14.3. The number of carbonyl (C=O) groups excluding carboxylic acids is 3. The number of aliphatic hydroxyl groups is 5. The maximum atomic E-state index is 14.3. The second-order valence-electron chi connectivity index (χ2n) is 14.0. The summed E-state index contributed by atoms with van der Waals surface area (Å²) in [5, 5.41) is 76.6. The van der Waals surface area contributed by atoms with Crippen LogP contribution in [0.25, 0.3) is 0 Å². The van der Waals surface area contributed by atoms with Gasteiger partial charge in [0, 0.05) is 31.1 Å². The van der Waals surface area contributed by atoms with Gasteiger partial charge in [-0.05, 0) is 51.5 Å². The summed E-state index contributed by atoms with van der Waals surface area (Å²) in [6.45, 7) is 5.65. The molecule has 0 spiro atoms. The molecule has 6 rings (SSSR count). The van der Waals surface area contributed by atoms with Crippen LogP contribution in [-0.2, 0) is 28.5 Å². The number of phenolic OH excluding ortho intramolecular Hbond substituents is 2. The van der Waals surface area contributed by atoms with Gasteiger partial charge in [-0.1, -0.05) is 0 Å². The average molecular weight is 719 g/mol. The molecule has 0 bridgehead atoms. The first-order chi connectivity index (χ1) is 23.8. The zero-order valence-corrected chi connectivity index (χ0v) is 28.7. The molecule has 2 aromatic carbocycles. The molecule has 4 aliphatic rings. The van der Waals surface area contributed by atoms with Crippen molar-refractivity contribution in [2.45, 2.75) is 113 Å². The van der Waals surface area contributed by atoms with E-state index in [0.29, 0.717) is 0 Å². The molecule has 16 nitrogen and oxygen atoms in total. The summed E-state index contributed by atoms with van der Waals surface area (Å²) in [6.07, 6.45) is -11.4. The van der Waals surface area contributed by atoms with E-state index in [1.165, 1.54) is 46.9 Å². The molecule has 278 valence electrons. The van der Waals surface area contributed by atoms with Crippen molar-refractivity contribution < 1.29 is 78.6 Å². The lowest BCUT2D eigenvalue weighted by Gasteiger charge is -2.49. The van der Waals surface area contributed by atoms with Gasteiger partial charge in [-0.25, -0.2) is 0 Å². The Balaban J connectivity index is 1.48. The van der Waals surface area contributed by atoms with Gasteiger partial charge in [-0.3, -0.25) is 14.4 Å². The minimum absolute atomic E-state index is 0.113. The van der Waals surface area contributed by atoms with Crippen molar-refractivity contribution in [3.8, 4) is 17.2 Å². The van der Waals surface area contributed by atoms with Crippen LogP contribution in [0, 0.1) is 0 Å². The fourth-order valence-corrected chi connectivity index (χ4v) is 7.76. The molecule has 2 saturated heterocycles. The van der Waals surface area contributed by atoms with Crippen molar-refractivity contribution in [2.75, 3.05) is 14.2 Å². The zero-order valence-electron chi connectivity index (χ0n) is 28.7. The summed E-state index contributed by atoms with van der Waals surface area (Å²) >= 11 is 0. The zero-order chi connectivity index (χ0) is 37.5. The minimum Gasteiger partial charge on any atom is -0.507 e. The summed E-state index contributed by atoms with van der Waals surface area (Å²) in [5.74, 6) is -5.90. The first-order valence-electron chi connectivity index (χ1n) is 16.4. The van der Waals surface area contributed by atoms with Crippen LogP contribution in [0.2, 0.25) is 0 Å². The van der Waals surface area contributed by atoms with Gasteiger partial charge in [0.25, 0.3) is 0 Å². The van der Waals surface area contributed by atoms with Gasteiger partial charge >= 0.3 is 5.97 Å². The SMILES string of the molecule is COC(=O)C1c2cc3c(c(O)c2C(O[C@@H]2O[C@@H](C)[C@H](O)[C@@](C)(O)[C@H]2OC)C[C@]1(C)O)C(=O)c1c(O)ccc(O[C@@H]2C[C@@H](O)[C@@H](O)[C@@H](C)O2)c1C3=O. The molecule has 0 amide bonds. The van der Waals surface area contributed by atoms with Gasteiger partial charge in [0.1, 0.15) is 47.1 Å². The van der Waals surface area contributed by atoms with Crippen molar-refractivity contribution in [1.29, 1.82) is 0 Å². The van der Waals surface area contributed by atoms with Gasteiger partial charge < -0.3 is 64.2 Å². The van der Waals surface area contributed by atoms with E-state index >= 15 is 0 Å². The number of aliphatic hydroxyl groups excluding tert-OH is 3. The molecular formula is C35H42O16. The molecule has 2 aliphatic carbocycles. The summed E-state index contributed by atoms with van der Waals surface area (Å²) in [4.78, 5) is 41.8. The van der Waals surface area contributed by atoms with Crippen molar-refractivity contribution in [1.82, 2.24) is 0 Å². The molecule has 0 aromatic heterocycles. The van der Waals surface area contributed by atoms with E-state index in [9.17, 15) is 50.1 Å². The van der Waals surface area contributed by atoms with Gasteiger partial charge in [0.15, 0.2) is 12.1 Å². The second kappa shape index (κ2) is 13.1. The van der Waals surface area contributed by atoms with Crippen LogP contribution in [0.1, 0.15) is 95.5 Å². The third kappa shape index (κ3) is 5.88. The number of carbonyl (C=O) groups is 3. The first-order valence-corrected chi connectivity index (χ1v) is 16.4. The number of ether oxygens (including phenoxy) is 6. The molecule has 2 fully saturated rings. The third-order valence-corrected chi connectivity index (χ3v) is 10.4. The number of hydrogen-bond acceptors (Lipinski definition) is 16. The third-order valence-electron chi connectivity index (χ3n) is 10.4.